The van der Waals surface area contributed by atoms with Crippen molar-refractivity contribution in [1.29, 1.82) is 0 Å². The van der Waals surface area contributed by atoms with Crippen molar-refractivity contribution in [3.8, 4) is 11.6 Å². The van der Waals surface area contributed by atoms with Crippen LogP contribution in [-0.2, 0) is 19.5 Å². The summed E-state index contributed by atoms with van der Waals surface area (Å²) in [5.74, 6) is 1.70. The summed E-state index contributed by atoms with van der Waals surface area (Å²) < 4.78 is 11.2. The van der Waals surface area contributed by atoms with Crippen LogP contribution >= 0.6 is 0 Å². The van der Waals surface area contributed by atoms with E-state index in [4.69, 9.17) is 9.47 Å². The van der Waals surface area contributed by atoms with E-state index in [1.165, 1.54) is 11.1 Å². The Bertz CT molecular complexity index is 668. The number of ether oxygens (including phenoxy) is 2. The van der Waals surface area contributed by atoms with Crippen LogP contribution in [0.5, 0.6) is 11.6 Å². The molecule has 1 aliphatic heterocycles. The molecule has 0 amide bonds. The van der Waals surface area contributed by atoms with Crippen LogP contribution in [0, 0.1) is 0 Å². The van der Waals surface area contributed by atoms with E-state index < -0.39 is 0 Å². The lowest BCUT2D eigenvalue weighted by Crippen LogP contribution is -2.24. The highest BCUT2D eigenvalue weighted by Crippen LogP contribution is 2.35. The Kier molecular flexibility index (Phi) is 4.03. The van der Waals surface area contributed by atoms with Crippen LogP contribution in [0.25, 0.3) is 0 Å². The van der Waals surface area contributed by atoms with Gasteiger partial charge in [-0.05, 0) is 37.1 Å². The minimum absolute atomic E-state index is 0.0859. The number of hydrogen-bond donors (Lipinski definition) is 1. The molecule has 22 heavy (non-hydrogen) atoms. The fourth-order valence-electron chi connectivity index (χ4n) is 2.86. The van der Waals surface area contributed by atoms with Gasteiger partial charge in [0.1, 0.15) is 11.4 Å². The third kappa shape index (κ3) is 3.22. The second kappa shape index (κ2) is 5.97. The van der Waals surface area contributed by atoms with Crippen LogP contribution in [0.2, 0.25) is 0 Å². The van der Waals surface area contributed by atoms with Gasteiger partial charge in [0.2, 0.25) is 5.88 Å². The Balaban J connectivity index is 1.61. The SMILES string of the molecule is COc1ncccc1CNCc1ccc2c(c1)CC(C)(C)O2. The smallest absolute Gasteiger partial charge is 0.217 e. The van der Waals surface area contributed by atoms with E-state index in [-0.39, 0.29) is 5.60 Å². The third-order valence-corrected chi connectivity index (χ3v) is 3.82. The highest BCUT2D eigenvalue weighted by molar-refractivity contribution is 5.41. The zero-order valence-corrected chi connectivity index (χ0v) is 13.3. The van der Waals surface area contributed by atoms with E-state index in [0.29, 0.717) is 5.88 Å². The van der Waals surface area contributed by atoms with Gasteiger partial charge in [0.15, 0.2) is 0 Å². The maximum absolute atomic E-state index is 5.91. The first-order chi connectivity index (χ1) is 10.6. The maximum atomic E-state index is 5.91. The van der Waals surface area contributed by atoms with Crippen molar-refractivity contribution in [3.63, 3.8) is 0 Å². The van der Waals surface area contributed by atoms with Crippen LogP contribution in [0.3, 0.4) is 0 Å². The number of fused-ring (bicyclic) bond motifs is 1. The van der Waals surface area contributed by atoms with Crippen molar-refractivity contribution < 1.29 is 9.47 Å². The number of aromatic nitrogens is 1. The average molecular weight is 298 g/mol. The van der Waals surface area contributed by atoms with Crippen molar-refractivity contribution in [2.24, 2.45) is 0 Å². The normalized spacial score (nSPS) is 15.2. The molecule has 2 aromatic rings. The second-order valence-corrected chi connectivity index (χ2v) is 6.26. The number of benzene rings is 1. The lowest BCUT2D eigenvalue weighted by Gasteiger charge is -2.16. The highest BCUT2D eigenvalue weighted by atomic mass is 16.5. The van der Waals surface area contributed by atoms with E-state index in [0.717, 1.165) is 30.8 Å². The zero-order valence-electron chi connectivity index (χ0n) is 13.3. The first-order valence-electron chi connectivity index (χ1n) is 7.57. The Morgan fingerprint density at radius 1 is 1.27 bits per heavy atom. The number of hydrogen-bond acceptors (Lipinski definition) is 4. The molecule has 0 saturated carbocycles. The predicted octanol–water partition coefficient (Wildman–Crippen LogP) is 3.09. The molecule has 2 heterocycles. The second-order valence-electron chi connectivity index (χ2n) is 6.26. The summed E-state index contributed by atoms with van der Waals surface area (Å²) in [5.41, 5.74) is 3.54. The van der Waals surface area contributed by atoms with Gasteiger partial charge in [-0.1, -0.05) is 18.2 Å². The molecule has 0 atom stereocenters. The number of pyridine rings is 1. The minimum atomic E-state index is -0.0859. The molecule has 1 aromatic carbocycles. The van der Waals surface area contributed by atoms with Gasteiger partial charge < -0.3 is 14.8 Å². The summed E-state index contributed by atoms with van der Waals surface area (Å²) in [5, 5.41) is 3.44. The first kappa shape index (κ1) is 14.9. The van der Waals surface area contributed by atoms with E-state index in [1.807, 2.05) is 12.1 Å². The van der Waals surface area contributed by atoms with Crippen molar-refractivity contribution in [2.45, 2.75) is 39.0 Å². The molecule has 4 nitrogen and oxygen atoms in total. The van der Waals surface area contributed by atoms with Crippen molar-refractivity contribution in [2.75, 3.05) is 7.11 Å². The van der Waals surface area contributed by atoms with Crippen molar-refractivity contribution >= 4 is 0 Å². The molecule has 0 saturated heterocycles. The van der Waals surface area contributed by atoms with Gasteiger partial charge in [0.25, 0.3) is 0 Å². The summed E-state index contributed by atoms with van der Waals surface area (Å²) in [6.07, 6.45) is 2.71. The van der Waals surface area contributed by atoms with Gasteiger partial charge in [-0.2, -0.15) is 0 Å². The largest absolute Gasteiger partial charge is 0.487 e. The Morgan fingerprint density at radius 3 is 2.95 bits per heavy atom. The molecule has 0 unspecified atom stereocenters. The van der Waals surface area contributed by atoms with Gasteiger partial charge in [-0.15, -0.1) is 0 Å². The lowest BCUT2D eigenvalue weighted by atomic mass is 10.0. The summed E-state index contributed by atoms with van der Waals surface area (Å²) in [6, 6.07) is 10.4. The monoisotopic (exact) mass is 298 g/mol. The van der Waals surface area contributed by atoms with Gasteiger partial charge in [-0.25, -0.2) is 4.98 Å². The molecule has 1 aliphatic rings. The van der Waals surface area contributed by atoms with Gasteiger partial charge >= 0.3 is 0 Å². The van der Waals surface area contributed by atoms with Crippen LogP contribution < -0.4 is 14.8 Å². The molecule has 0 fully saturated rings. The van der Waals surface area contributed by atoms with Crippen LogP contribution in [0.15, 0.2) is 36.5 Å². The van der Waals surface area contributed by atoms with E-state index in [9.17, 15) is 0 Å². The molecule has 1 N–H and O–H groups in total. The summed E-state index contributed by atoms with van der Waals surface area (Å²) >= 11 is 0. The topological polar surface area (TPSA) is 43.4 Å². The molecule has 0 spiro atoms. The molecule has 0 aliphatic carbocycles. The summed E-state index contributed by atoms with van der Waals surface area (Å²) in [6.45, 7) is 5.79. The molecular weight excluding hydrogens is 276 g/mol. The fraction of sp³-hybridized carbons (Fsp3) is 0.389. The Hall–Kier alpha value is -2.07. The van der Waals surface area contributed by atoms with Crippen molar-refractivity contribution in [1.82, 2.24) is 10.3 Å². The lowest BCUT2D eigenvalue weighted by molar-refractivity contribution is 0.138. The standard InChI is InChI=1S/C18H22N2O2/c1-18(2)10-15-9-13(6-7-16(15)22-18)11-19-12-14-5-4-8-20-17(14)21-3/h4-9,19H,10-12H2,1-3H3. The van der Waals surface area contributed by atoms with Crippen LogP contribution in [-0.4, -0.2) is 17.7 Å². The summed E-state index contributed by atoms with van der Waals surface area (Å²) in [7, 11) is 1.65. The van der Waals surface area contributed by atoms with Gasteiger partial charge in [0, 0.05) is 31.3 Å². The molecule has 116 valence electrons. The van der Waals surface area contributed by atoms with E-state index in [1.54, 1.807) is 13.3 Å². The highest BCUT2D eigenvalue weighted by Gasteiger charge is 2.29. The Labute approximate surface area is 131 Å². The Morgan fingerprint density at radius 2 is 2.14 bits per heavy atom. The number of nitrogens with one attached hydrogen (secondary N) is 1. The number of nitrogens with zero attached hydrogens (tertiary/aromatic N) is 1. The molecule has 3 rings (SSSR count). The van der Waals surface area contributed by atoms with Gasteiger partial charge in [-0.3, -0.25) is 0 Å². The predicted molar refractivity (Wildman–Crippen MR) is 86.2 cm³/mol. The maximum Gasteiger partial charge on any atom is 0.217 e. The molecule has 4 heteroatoms. The van der Waals surface area contributed by atoms with E-state index >= 15 is 0 Å². The first-order valence-corrected chi connectivity index (χ1v) is 7.57. The molecule has 0 bridgehead atoms. The van der Waals surface area contributed by atoms with Crippen LogP contribution in [0.1, 0.15) is 30.5 Å². The molecule has 0 radical (unpaired) electrons. The quantitative estimate of drug-likeness (QED) is 0.921. The molecule has 1 aromatic heterocycles. The number of rotatable bonds is 5. The average Bonchev–Trinajstić information content (AvgIpc) is 2.81. The third-order valence-electron chi connectivity index (χ3n) is 3.82. The number of methoxy groups -OCH3 is 1. The zero-order chi connectivity index (χ0) is 15.6. The fourth-order valence-corrected chi connectivity index (χ4v) is 2.86. The van der Waals surface area contributed by atoms with Crippen molar-refractivity contribution in [3.05, 3.63) is 53.2 Å². The summed E-state index contributed by atoms with van der Waals surface area (Å²) in [4.78, 5) is 4.21. The van der Waals surface area contributed by atoms with E-state index in [2.05, 4.69) is 42.3 Å². The van der Waals surface area contributed by atoms with Crippen LogP contribution in [0.4, 0.5) is 0 Å². The minimum Gasteiger partial charge on any atom is -0.487 e. The van der Waals surface area contributed by atoms with Gasteiger partial charge in [0.05, 0.1) is 7.11 Å². The molecular formula is C18H22N2O2.